The molecular weight excluding hydrogens is 758 g/mol. The van der Waals surface area contributed by atoms with E-state index in [9.17, 15) is 39.6 Å². The van der Waals surface area contributed by atoms with Crippen LogP contribution in [0.1, 0.15) is 121 Å². The fraction of sp³-hybridized carbons (Fsp3) is 0.619. The van der Waals surface area contributed by atoms with E-state index in [-0.39, 0.29) is 70.9 Å². The molecule has 2 aliphatic carbocycles. The van der Waals surface area contributed by atoms with Crippen LogP contribution in [0.3, 0.4) is 0 Å². The number of likely N-dealkylation sites (N-methyl/N-ethyl adjacent to an activating group) is 1. The van der Waals surface area contributed by atoms with Gasteiger partial charge in [-0.05, 0) is 59.0 Å². The molecule has 16 nitrogen and oxygen atoms in total. The summed E-state index contributed by atoms with van der Waals surface area (Å²) in [5.74, 6) is -4.59. The topological polar surface area (TPSA) is 217 Å². The van der Waals surface area contributed by atoms with E-state index in [2.05, 4.69) is 0 Å². The minimum atomic E-state index is -1.76. The minimum absolute atomic E-state index is 0.00573. The van der Waals surface area contributed by atoms with Crippen molar-refractivity contribution in [2.45, 2.75) is 145 Å². The van der Waals surface area contributed by atoms with Gasteiger partial charge in [-0.15, -0.1) is 0 Å². The van der Waals surface area contributed by atoms with Crippen LogP contribution < -0.4 is 0 Å². The maximum Gasteiger partial charge on any atom is 0.316 e. The first kappa shape index (κ1) is 42.3. The number of carbonyl (C=O) groups is 4. The third-order valence-corrected chi connectivity index (χ3v) is 12.4. The quantitative estimate of drug-likeness (QED) is 0.228. The molecule has 316 valence electrons. The molecular formula is C42H53NO15. The normalized spacial score (nSPS) is 36.3. The molecule has 13 atom stereocenters. The maximum absolute atomic E-state index is 13.9. The summed E-state index contributed by atoms with van der Waals surface area (Å²) in [5, 5.41) is 45.9. The van der Waals surface area contributed by atoms with Crippen molar-refractivity contribution in [1.29, 1.82) is 0 Å². The van der Waals surface area contributed by atoms with Crippen molar-refractivity contribution in [2.75, 3.05) is 21.2 Å². The van der Waals surface area contributed by atoms with Crippen molar-refractivity contribution in [2.24, 2.45) is 0 Å². The summed E-state index contributed by atoms with van der Waals surface area (Å²) in [4.78, 5) is 55.0. The first-order valence-corrected chi connectivity index (χ1v) is 19.9. The fourth-order valence-corrected chi connectivity index (χ4v) is 9.27. The highest BCUT2D eigenvalue weighted by atomic mass is 16.7. The molecule has 3 heterocycles. The maximum atomic E-state index is 13.9. The van der Waals surface area contributed by atoms with E-state index in [0.29, 0.717) is 12.8 Å². The zero-order chi connectivity index (χ0) is 42.0. The molecule has 0 unspecified atom stereocenters. The highest BCUT2D eigenvalue weighted by Gasteiger charge is 2.53. The number of ketones is 3. The number of aliphatic hydroxyl groups excluding tert-OH is 1. The number of ether oxygens (including phenoxy) is 7. The number of hydrogen-bond acceptors (Lipinski definition) is 16. The van der Waals surface area contributed by atoms with Crippen LogP contribution in [-0.2, 0) is 42.7 Å². The summed E-state index contributed by atoms with van der Waals surface area (Å²) < 4.78 is 42.6. The highest BCUT2D eigenvalue weighted by Crippen LogP contribution is 2.54. The number of methoxy groups -OCH3 is 1. The van der Waals surface area contributed by atoms with Crippen LogP contribution in [0.5, 0.6) is 11.5 Å². The number of aromatic hydroxyl groups is 2. The molecule has 0 amide bonds. The van der Waals surface area contributed by atoms with E-state index in [1.165, 1.54) is 31.4 Å². The van der Waals surface area contributed by atoms with Crippen LogP contribution in [-0.4, -0.2) is 137 Å². The number of aliphatic hydroxyl groups is 2. The fourth-order valence-electron chi connectivity index (χ4n) is 9.27. The Morgan fingerprint density at radius 1 is 0.897 bits per heavy atom. The summed E-state index contributed by atoms with van der Waals surface area (Å²) in [7, 11) is 4.91. The van der Waals surface area contributed by atoms with Gasteiger partial charge in [0.25, 0.3) is 0 Å². The van der Waals surface area contributed by atoms with Gasteiger partial charge in [0, 0.05) is 54.8 Å². The van der Waals surface area contributed by atoms with Gasteiger partial charge in [0.15, 0.2) is 30.4 Å². The summed E-state index contributed by atoms with van der Waals surface area (Å²) in [6.07, 6.45) is -6.64. The third-order valence-electron chi connectivity index (χ3n) is 12.4. The molecule has 2 aromatic rings. The molecule has 0 aromatic heterocycles. The second kappa shape index (κ2) is 16.3. The SMILES string of the molecule is CC[C@@]1(O)C[C@H](O[C@H]2C[C@H](N(C)C)[C@@H](O[C@H]3C[C@@H](O)[C@@H](O[C@H]4CCC(=O)[C@@H](C)O4)[C@@H](C)O3)[C@@H](C)O2)c2c(cc3c(c2O)C(=O)c2c(O)cccc2C3=O)[C@H]1C(=O)OC. The Bertz CT molecular complexity index is 1940. The molecule has 0 radical (unpaired) electrons. The molecule has 0 bridgehead atoms. The van der Waals surface area contributed by atoms with Gasteiger partial charge >= 0.3 is 5.97 Å². The van der Waals surface area contributed by atoms with Crippen molar-refractivity contribution in [3.63, 3.8) is 0 Å². The minimum Gasteiger partial charge on any atom is -0.507 e. The van der Waals surface area contributed by atoms with Gasteiger partial charge in [-0.2, -0.15) is 0 Å². The Morgan fingerprint density at radius 3 is 2.21 bits per heavy atom. The van der Waals surface area contributed by atoms with Crippen molar-refractivity contribution in [3.8, 4) is 11.5 Å². The summed E-state index contributed by atoms with van der Waals surface area (Å²) in [6.45, 7) is 6.95. The van der Waals surface area contributed by atoms with Crippen molar-refractivity contribution in [1.82, 2.24) is 4.90 Å². The van der Waals surface area contributed by atoms with Gasteiger partial charge in [-0.3, -0.25) is 19.2 Å². The smallest absolute Gasteiger partial charge is 0.316 e. The highest BCUT2D eigenvalue weighted by molar-refractivity contribution is 6.30. The molecule has 3 fully saturated rings. The Labute approximate surface area is 336 Å². The standard InChI is InChI=1S/C42H53NO15/c1-8-42(51)17-28(33-22(35(42)41(50)52-7)14-23-34(38(33)49)37(48)32-21(36(23)47)10-9-11-26(32)45)56-30-15-24(43(5)6)39(19(3)54-30)58-31-16-27(46)40(20(4)55-31)57-29-13-12-25(44)18(2)53-29/h9-11,14,18-20,24,27-31,35,39-40,45-46,49,51H,8,12-13,15-17H2,1-7H3/t18-,19-,20-,24+,27-,28+,29+,30+,31+,35+,39+,40+,42-/m1/s1. The van der Waals surface area contributed by atoms with E-state index in [1.807, 2.05) is 19.0 Å². The number of Topliss-reactive ketones (excluding diaryl/α,β-unsaturated/α-hetero) is 1. The van der Waals surface area contributed by atoms with Gasteiger partial charge in [0.05, 0.1) is 48.3 Å². The Hall–Kier alpha value is -3.84. The first-order valence-electron chi connectivity index (χ1n) is 19.9. The van der Waals surface area contributed by atoms with Gasteiger partial charge in [-0.1, -0.05) is 19.1 Å². The van der Waals surface area contributed by atoms with Crippen LogP contribution in [0.4, 0.5) is 0 Å². The number of fused-ring (bicyclic) bond motifs is 3. The predicted octanol–water partition coefficient (Wildman–Crippen LogP) is 3.16. The Balaban J connectivity index is 1.13. The Kier molecular flexibility index (Phi) is 11.9. The molecule has 0 saturated carbocycles. The van der Waals surface area contributed by atoms with Gasteiger partial charge in [0.2, 0.25) is 5.78 Å². The van der Waals surface area contributed by atoms with Crippen LogP contribution in [0, 0.1) is 0 Å². The molecule has 2 aromatic carbocycles. The Morgan fingerprint density at radius 2 is 1.57 bits per heavy atom. The number of carbonyl (C=O) groups excluding carboxylic acids is 4. The van der Waals surface area contributed by atoms with Gasteiger partial charge in [-0.25, -0.2) is 0 Å². The molecule has 3 aliphatic heterocycles. The van der Waals surface area contributed by atoms with Crippen LogP contribution in [0.2, 0.25) is 0 Å². The molecule has 16 heteroatoms. The van der Waals surface area contributed by atoms with Gasteiger partial charge < -0.3 is 58.5 Å². The molecule has 5 aliphatic rings. The van der Waals surface area contributed by atoms with E-state index in [4.69, 9.17) is 33.2 Å². The third kappa shape index (κ3) is 7.47. The zero-order valence-corrected chi connectivity index (χ0v) is 33.7. The second-order valence-electron chi connectivity index (χ2n) is 16.3. The lowest BCUT2D eigenvalue weighted by Crippen LogP contribution is -2.58. The number of phenols is 2. The van der Waals surface area contributed by atoms with E-state index in [1.54, 1.807) is 27.7 Å². The monoisotopic (exact) mass is 811 g/mol. The summed E-state index contributed by atoms with van der Waals surface area (Å²) in [6, 6.07) is 5.11. The van der Waals surface area contributed by atoms with Crippen LogP contribution in [0.15, 0.2) is 24.3 Å². The van der Waals surface area contributed by atoms with Crippen molar-refractivity contribution in [3.05, 3.63) is 57.6 Å². The average Bonchev–Trinajstić information content (AvgIpc) is 3.17. The predicted molar refractivity (Wildman–Crippen MR) is 201 cm³/mol. The molecule has 3 saturated heterocycles. The lowest BCUT2D eigenvalue weighted by atomic mass is 9.67. The van der Waals surface area contributed by atoms with Crippen LogP contribution in [0.25, 0.3) is 0 Å². The average molecular weight is 812 g/mol. The van der Waals surface area contributed by atoms with Crippen molar-refractivity contribution >= 4 is 23.3 Å². The largest absolute Gasteiger partial charge is 0.507 e. The van der Waals surface area contributed by atoms with Crippen LogP contribution >= 0.6 is 0 Å². The summed E-state index contributed by atoms with van der Waals surface area (Å²) >= 11 is 0. The van der Waals surface area contributed by atoms with Crippen molar-refractivity contribution < 1.29 is 72.8 Å². The first-order chi connectivity index (χ1) is 27.5. The second-order valence-corrected chi connectivity index (χ2v) is 16.3. The molecule has 7 rings (SSSR count). The number of phenolic OH excluding ortho intramolecular Hbond substituents is 2. The van der Waals surface area contributed by atoms with E-state index in [0.717, 1.165) is 0 Å². The molecule has 58 heavy (non-hydrogen) atoms. The number of rotatable bonds is 9. The van der Waals surface area contributed by atoms with Gasteiger partial charge in [0.1, 0.15) is 35.7 Å². The lowest BCUT2D eigenvalue weighted by Gasteiger charge is -2.48. The molecule has 0 spiro atoms. The molecule has 4 N–H and O–H groups in total. The van der Waals surface area contributed by atoms with E-state index < -0.39 is 102 Å². The number of nitrogens with zero attached hydrogens (tertiary/aromatic N) is 1. The number of benzene rings is 2. The zero-order valence-electron chi connectivity index (χ0n) is 33.7. The number of esters is 1. The lowest BCUT2D eigenvalue weighted by molar-refractivity contribution is -0.324. The van der Waals surface area contributed by atoms with E-state index >= 15 is 0 Å². The summed E-state index contributed by atoms with van der Waals surface area (Å²) in [5.41, 5.74) is -2.49. The number of hydrogen-bond donors (Lipinski definition) is 4.